The standard InChI is InChI=1S/C21H23N3O4/c1-11(2)12-6-7-15-14(8-12)21(20(26)22-15)23-16-10-18(28-5)17(27-4)9-13(16)19(25)24(21)3/h6-11,23H,1-5H3,(H,22,26). The fraction of sp³-hybridized carbons (Fsp3) is 0.333. The number of hydrogen-bond donors (Lipinski definition) is 2. The van der Waals surface area contributed by atoms with Gasteiger partial charge in [0.25, 0.3) is 11.8 Å². The predicted octanol–water partition coefficient (Wildman–Crippen LogP) is 3.13. The third kappa shape index (κ3) is 2.28. The summed E-state index contributed by atoms with van der Waals surface area (Å²) in [6.45, 7) is 4.18. The first-order chi connectivity index (χ1) is 13.3. The second-order valence-corrected chi connectivity index (χ2v) is 7.37. The molecule has 0 radical (unpaired) electrons. The van der Waals surface area contributed by atoms with Gasteiger partial charge < -0.3 is 25.0 Å². The van der Waals surface area contributed by atoms with Crippen LogP contribution >= 0.6 is 0 Å². The van der Waals surface area contributed by atoms with Crippen LogP contribution in [0, 0.1) is 0 Å². The van der Waals surface area contributed by atoms with Gasteiger partial charge in [0.05, 0.1) is 25.5 Å². The first-order valence-corrected chi connectivity index (χ1v) is 9.11. The Bertz CT molecular complexity index is 1000. The fourth-order valence-electron chi connectivity index (χ4n) is 3.89. The minimum atomic E-state index is -1.32. The number of methoxy groups -OCH3 is 2. The van der Waals surface area contributed by atoms with Gasteiger partial charge >= 0.3 is 0 Å². The summed E-state index contributed by atoms with van der Waals surface area (Å²) in [5, 5.41) is 6.21. The molecule has 7 heteroatoms. The molecular formula is C21H23N3O4. The molecule has 146 valence electrons. The number of anilines is 2. The number of nitrogens with zero attached hydrogens (tertiary/aromatic N) is 1. The Morgan fingerprint density at radius 3 is 2.32 bits per heavy atom. The molecule has 4 rings (SSSR count). The molecule has 0 fully saturated rings. The maximum absolute atomic E-state index is 13.2. The highest BCUT2D eigenvalue weighted by molar-refractivity contribution is 6.14. The fourth-order valence-corrected chi connectivity index (χ4v) is 3.89. The third-order valence-electron chi connectivity index (χ3n) is 5.55. The molecule has 0 saturated heterocycles. The van der Waals surface area contributed by atoms with Gasteiger partial charge in [-0.1, -0.05) is 19.9 Å². The minimum absolute atomic E-state index is 0.271. The van der Waals surface area contributed by atoms with E-state index in [1.807, 2.05) is 18.2 Å². The second kappa shape index (κ2) is 6.15. The first kappa shape index (κ1) is 18.2. The molecule has 2 aromatic rings. The van der Waals surface area contributed by atoms with Crippen molar-refractivity contribution in [2.75, 3.05) is 31.9 Å². The Hall–Kier alpha value is -3.22. The summed E-state index contributed by atoms with van der Waals surface area (Å²) >= 11 is 0. The maximum atomic E-state index is 13.2. The highest BCUT2D eigenvalue weighted by atomic mass is 16.5. The molecule has 0 aromatic heterocycles. The Kier molecular flexibility index (Phi) is 3.99. The smallest absolute Gasteiger partial charge is 0.276 e. The van der Waals surface area contributed by atoms with Gasteiger partial charge in [-0.2, -0.15) is 0 Å². The molecule has 1 atom stereocenters. The lowest BCUT2D eigenvalue weighted by Gasteiger charge is -2.42. The lowest BCUT2D eigenvalue weighted by Crippen LogP contribution is -2.59. The molecule has 1 spiro atoms. The number of carbonyl (C=O) groups excluding carboxylic acids is 2. The van der Waals surface area contributed by atoms with Gasteiger partial charge in [-0.25, -0.2) is 0 Å². The average molecular weight is 381 g/mol. The van der Waals surface area contributed by atoms with Gasteiger partial charge in [0, 0.05) is 24.4 Å². The normalized spacial score (nSPS) is 20.0. The van der Waals surface area contributed by atoms with Crippen LogP contribution in [0.2, 0.25) is 0 Å². The van der Waals surface area contributed by atoms with E-state index in [-0.39, 0.29) is 11.8 Å². The van der Waals surface area contributed by atoms with Crippen LogP contribution in [0.5, 0.6) is 11.5 Å². The Morgan fingerprint density at radius 1 is 1.00 bits per heavy atom. The van der Waals surface area contributed by atoms with E-state index in [0.717, 1.165) is 11.1 Å². The summed E-state index contributed by atoms with van der Waals surface area (Å²) in [6.07, 6.45) is 0. The molecule has 2 aliphatic rings. The van der Waals surface area contributed by atoms with Crippen LogP contribution in [0.4, 0.5) is 11.4 Å². The van der Waals surface area contributed by atoms with E-state index in [0.29, 0.717) is 34.4 Å². The summed E-state index contributed by atoms with van der Waals surface area (Å²) in [5.74, 6) is 0.668. The summed E-state index contributed by atoms with van der Waals surface area (Å²) in [4.78, 5) is 27.8. The van der Waals surface area contributed by atoms with Crippen molar-refractivity contribution < 1.29 is 19.1 Å². The van der Waals surface area contributed by atoms with Gasteiger partial charge in [0.15, 0.2) is 11.5 Å². The predicted molar refractivity (Wildman–Crippen MR) is 106 cm³/mol. The van der Waals surface area contributed by atoms with E-state index in [4.69, 9.17) is 9.47 Å². The monoisotopic (exact) mass is 381 g/mol. The topological polar surface area (TPSA) is 79.9 Å². The quantitative estimate of drug-likeness (QED) is 0.854. The molecule has 2 aromatic carbocycles. The zero-order valence-corrected chi connectivity index (χ0v) is 16.5. The van der Waals surface area contributed by atoms with E-state index >= 15 is 0 Å². The number of carbonyl (C=O) groups is 2. The number of ether oxygens (including phenoxy) is 2. The van der Waals surface area contributed by atoms with Crippen LogP contribution in [-0.4, -0.2) is 38.0 Å². The van der Waals surface area contributed by atoms with Gasteiger partial charge in [-0.3, -0.25) is 9.59 Å². The SMILES string of the molecule is COc1cc2c(cc1OC)C(=O)N(C)C1(N2)C(=O)Nc2ccc(C(C)C)cc21. The van der Waals surface area contributed by atoms with Crippen molar-refractivity contribution in [2.45, 2.75) is 25.4 Å². The zero-order chi connectivity index (χ0) is 20.2. The van der Waals surface area contributed by atoms with Crippen molar-refractivity contribution >= 4 is 23.2 Å². The van der Waals surface area contributed by atoms with Crippen molar-refractivity contribution in [1.29, 1.82) is 0 Å². The zero-order valence-electron chi connectivity index (χ0n) is 16.5. The van der Waals surface area contributed by atoms with Crippen LogP contribution in [-0.2, 0) is 10.5 Å². The van der Waals surface area contributed by atoms with E-state index < -0.39 is 5.66 Å². The molecule has 28 heavy (non-hydrogen) atoms. The van der Waals surface area contributed by atoms with Crippen LogP contribution < -0.4 is 20.1 Å². The number of rotatable bonds is 3. The van der Waals surface area contributed by atoms with Gasteiger partial charge in [-0.05, 0) is 29.7 Å². The Balaban J connectivity index is 1.92. The Morgan fingerprint density at radius 2 is 1.68 bits per heavy atom. The molecule has 2 heterocycles. The number of fused-ring (bicyclic) bond motifs is 3. The van der Waals surface area contributed by atoms with Crippen molar-refractivity contribution in [3.8, 4) is 11.5 Å². The molecule has 0 aliphatic carbocycles. The van der Waals surface area contributed by atoms with Crippen LogP contribution in [0.3, 0.4) is 0 Å². The molecular weight excluding hydrogens is 358 g/mol. The van der Waals surface area contributed by atoms with Crippen LogP contribution in [0.25, 0.3) is 0 Å². The lowest BCUT2D eigenvalue weighted by atomic mass is 9.90. The van der Waals surface area contributed by atoms with E-state index in [9.17, 15) is 9.59 Å². The van der Waals surface area contributed by atoms with Gasteiger partial charge in [-0.15, -0.1) is 0 Å². The number of hydrogen-bond acceptors (Lipinski definition) is 5. The molecule has 2 aliphatic heterocycles. The number of nitrogens with one attached hydrogen (secondary N) is 2. The molecule has 7 nitrogen and oxygen atoms in total. The van der Waals surface area contributed by atoms with Gasteiger partial charge in [0.1, 0.15) is 0 Å². The molecule has 0 saturated carbocycles. The number of likely N-dealkylation sites (N-methyl/N-ethyl adjacent to an activating group) is 1. The summed E-state index contributed by atoms with van der Waals surface area (Å²) < 4.78 is 10.7. The second-order valence-electron chi connectivity index (χ2n) is 7.37. The van der Waals surface area contributed by atoms with Crippen molar-refractivity contribution in [2.24, 2.45) is 0 Å². The number of benzene rings is 2. The minimum Gasteiger partial charge on any atom is -0.493 e. The van der Waals surface area contributed by atoms with E-state index in [1.165, 1.54) is 19.1 Å². The van der Waals surface area contributed by atoms with E-state index in [2.05, 4.69) is 24.5 Å². The highest BCUT2D eigenvalue weighted by Crippen LogP contribution is 2.47. The highest BCUT2D eigenvalue weighted by Gasteiger charge is 2.55. The lowest BCUT2D eigenvalue weighted by molar-refractivity contribution is -0.124. The van der Waals surface area contributed by atoms with Crippen molar-refractivity contribution in [1.82, 2.24) is 4.90 Å². The van der Waals surface area contributed by atoms with Gasteiger partial charge in [0.2, 0.25) is 5.66 Å². The molecule has 2 N–H and O–H groups in total. The van der Waals surface area contributed by atoms with Crippen LogP contribution in [0.1, 0.15) is 41.3 Å². The van der Waals surface area contributed by atoms with Crippen LogP contribution in [0.15, 0.2) is 30.3 Å². The number of amides is 2. The third-order valence-corrected chi connectivity index (χ3v) is 5.55. The van der Waals surface area contributed by atoms with E-state index in [1.54, 1.807) is 19.2 Å². The summed E-state index contributed by atoms with van der Waals surface area (Å²) in [7, 11) is 4.68. The first-order valence-electron chi connectivity index (χ1n) is 9.11. The molecule has 1 unspecified atom stereocenters. The Labute approximate surface area is 163 Å². The van der Waals surface area contributed by atoms with Crippen molar-refractivity contribution in [3.63, 3.8) is 0 Å². The largest absolute Gasteiger partial charge is 0.493 e. The summed E-state index contributed by atoms with van der Waals surface area (Å²) in [6, 6.07) is 9.20. The maximum Gasteiger partial charge on any atom is 0.276 e. The summed E-state index contributed by atoms with van der Waals surface area (Å²) in [5.41, 5.74) is 2.16. The molecule has 0 bridgehead atoms. The average Bonchev–Trinajstić information content (AvgIpc) is 2.96. The van der Waals surface area contributed by atoms with Crippen molar-refractivity contribution in [3.05, 3.63) is 47.0 Å². The molecule has 2 amide bonds.